The molecule has 0 spiro atoms. The average molecular weight is 296 g/mol. The van der Waals surface area contributed by atoms with Gasteiger partial charge < -0.3 is 5.11 Å². The number of hydrogen-bond donors (Lipinski definition) is 1. The highest BCUT2D eigenvalue weighted by Gasteiger charge is 2.45. The fourth-order valence-corrected chi connectivity index (χ4v) is 3.27. The van der Waals surface area contributed by atoms with E-state index >= 15 is 0 Å². The number of likely N-dealkylation sites (tertiary alicyclic amines) is 2. The zero-order valence-electron chi connectivity index (χ0n) is 12.7. The van der Waals surface area contributed by atoms with Gasteiger partial charge >= 0.3 is 5.97 Å². The van der Waals surface area contributed by atoms with Gasteiger partial charge in [0.05, 0.1) is 12.5 Å². The van der Waals surface area contributed by atoms with Gasteiger partial charge in [-0.2, -0.15) is 0 Å². The standard InChI is InChI=1S/C15H24N2O4/c1-3-10(2)17-13(18)8-12(15(17)21)16-7-6-11(9-16)4-5-14(19)20/h10-12H,3-9H2,1-2H3,(H,19,20). The Kier molecular flexibility index (Phi) is 4.98. The van der Waals surface area contributed by atoms with Crippen LogP contribution >= 0.6 is 0 Å². The van der Waals surface area contributed by atoms with Gasteiger partial charge in [-0.3, -0.25) is 24.2 Å². The highest BCUT2D eigenvalue weighted by Crippen LogP contribution is 2.28. The van der Waals surface area contributed by atoms with Crippen LogP contribution in [0, 0.1) is 5.92 Å². The summed E-state index contributed by atoms with van der Waals surface area (Å²) in [7, 11) is 0. The molecule has 118 valence electrons. The third-order valence-electron chi connectivity index (χ3n) is 4.72. The van der Waals surface area contributed by atoms with Crippen LogP contribution in [0.4, 0.5) is 0 Å². The van der Waals surface area contributed by atoms with Crippen LogP contribution in [0.3, 0.4) is 0 Å². The Hall–Kier alpha value is -1.43. The SMILES string of the molecule is CCC(C)N1C(=O)CC(N2CCC(CCC(=O)O)C2)C1=O. The normalized spacial score (nSPS) is 28.4. The van der Waals surface area contributed by atoms with Crippen molar-refractivity contribution in [2.45, 2.75) is 58.0 Å². The van der Waals surface area contributed by atoms with Crippen molar-refractivity contribution in [2.24, 2.45) is 5.92 Å². The summed E-state index contributed by atoms with van der Waals surface area (Å²) in [6.07, 6.45) is 2.78. The van der Waals surface area contributed by atoms with E-state index in [9.17, 15) is 14.4 Å². The minimum atomic E-state index is -0.775. The maximum atomic E-state index is 12.4. The minimum absolute atomic E-state index is 0.0413. The monoisotopic (exact) mass is 296 g/mol. The van der Waals surface area contributed by atoms with E-state index in [1.165, 1.54) is 4.90 Å². The second-order valence-electron chi connectivity index (χ2n) is 6.16. The van der Waals surface area contributed by atoms with Crippen LogP contribution in [0.2, 0.25) is 0 Å². The van der Waals surface area contributed by atoms with Gasteiger partial charge in [0.15, 0.2) is 0 Å². The van der Waals surface area contributed by atoms with E-state index in [0.717, 1.165) is 25.9 Å². The Balaban J connectivity index is 1.93. The Morgan fingerprint density at radius 1 is 1.43 bits per heavy atom. The van der Waals surface area contributed by atoms with E-state index in [-0.39, 0.29) is 36.7 Å². The Morgan fingerprint density at radius 3 is 2.76 bits per heavy atom. The van der Waals surface area contributed by atoms with Crippen molar-refractivity contribution < 1.29 is 19.5 Å². The van der Waals surface area contributed by atoms with Crippen molar-refractivity contribution in [1.82, 2.24) is 9.80 Å². The number of carboxylic acid groups (broad SMARTS) is 1. The smallest absolute Gasteiger partial charge is 0.303 e. The molecular weight excluding hydrogens is 272 g/mol. The van der Waals surface area contributed by atoms with Crippen molar-refractivity contribution in [3.05, 3.63) is 0 Å². The molecule has 1 N–H and O–H groups in total. The van der Waals surface area contributed by atoms with Gasteiger partial charge in [0, 0.05) is 19.0 Å². The molecule has 2 rings (SSSR count). The number of aliphatic carboxylic acids is 1. The quantitative estimate of drug-likeness (QED) is 0.743. The average Bonchev–Trinajstić information content (AvgIpc) is 3.00. The fourth-order valence-electron chi connectivity index (χ4n) is 3.27. The molecule has 0 radical (unpaired) electrons. The lowest BCUT2D eigenvalue weighted by atomic mass is 10.0. The second kappa shape index (κ2) is 6.56. The number of carboxylic acids is 1. The molecule has 2 heterocycles. The molecule has 2 aliphatic heterocycles. The largest absolute Gasteiger partial charge is 0.481 e. The summed E-state index contributed by atoms with van der Waals surface area (Å²) in [5, 5.41) is 8.73. The number of hydrogen-bond acceptors (Lipinski definition) is 4. The van der Waals surface area contributed by atoms with Crippen LogP contribution in [-0.2, 0) is 14.4 Å². The van der Waals surface area contributed by atoms with Gasteiger partial charge in [0.2, 0.25) is 11.8 Å². The molecule has 2 saturated heterocycles. The Morgan fingerprint density at radius 2 is 2.14 bits per heavy atom. The molecule has 0 aromatic rings. The summed E-state index contributed by atoms with van der Waals surface area (Å²) in [6, 6.07) is -0.373. The van der Waals surface area contributed by atoms with E-state index in [0.29, 0.717) is 12.3 Å². The summed E-state index contributed by atoms with van der Waals surface area (Å²) in [4.78, 5) is 38.6. The topological polar surface area (TPSA) is 77.9 Å². The van der Waals surface area contributed by atoms with Crippen LogP contribution in [0.15, 0.2) is 0 Å². The second-order valence-corrected chi connectivity index (χ2v) is 6.16. The fraction of sp³-hybridized carbons (Fsp3) is 0.800. The minimum Gasteiger partial charge on any atom is -0.481 e. The van der Waals surface area contributed by atoms with Gasteiger partial charge in [-0.1, -0.05) is 6.92 Å². The molecule has 6 heteroatoms. The van der Waals surface area contributed by atoms with Gasteiger partial charge in [-0.05, 0) is 38.6 Å². The zero-order chi connectivity index (χ0) is 15.6. The first-order chi connectivity index (χ1) is 9.93. The summed E-state index contributed by atoms with van der Waals surface area (Å²) in [5.74, 6) is -0.605. The Bertz CT molecular complexity index is 437. The van der Waals surface area contributed by atoms with Crippen molar-refractivity contribution in [3.8, 4) is 0 Å². The number of rotatable bonds is 6. The van der Waals surface area contributed by atoms with Crippen LogP contribution < -0.4 is 0 Å². The van der Waals surface area contributed by atoms with Crippen LogP contribution in [0.1, 0.15) is 46.0 Å². The predicted octanol–water partition coefficient (Wildman–Crippen LogP) is 1.10. The molecule has 6 nitrogen and oxygen atoms in total. The number of nitrogens with zero attached hydrogens (tertiary/aromatic N) is 2. The maximum absolute atomic E-state index is 12.4. The third kappa shape index (κ3) is 3.43. The molecule has 0 aromatic heterocycles. The van der Waals surface area contributed by atoms with E-state index in [1.54, 1.807) is 0 Å². The Labute approximate surface area is 125 Å². The van der Waals surface area contributed by atoms with Crippen molar-refractivity contribution in [1.29, 1.82) is 0 Å². The molecule has 2 fully saturated rings. The lowest BCUT2D eigenvalue weighted by Gasteiger charge is -2.25. The van der Waals surface area contributed by atoms with Gasteiger partial charge in [0.25, 0.3) is 0 Å². The molecule has 0 bridgehead atoms. The molecule has 2 amide bonds. The summed E-state index contributed by atoms with van der Waals surface area (Å²) in [6.45, 7) is 5.38. The number of carbonyl (C=O) groups excluding carboxylic acids is 2. The van der Waals surface area contributed by atoms with Gasteiger partial charge in [-0.25, -0.2) is 0 Å². The van der Waals surface area contributed by atoms with E-state index < -0.39 is 5.97 Å². The first kappa shape index (κ1) is 15.9. The molecule has 3 unspecified atom stereocenters. The highest BCUT2D eigenvalue weighted by molar-refractivity contribution is 6.05. The first-order valence-electron chi connectivity index (χ1n) is 7.75. The molecule has 0 aromatic carbocycles. The predicted molar refractivity (Wildman–Crippen MR) is 76.6 cm³/mol. The molecule has 2 aliphatic rings. The first-order valence-corrected chi connectivity index (χ1v) is 7.75. The molecule has 0 aliphatic carbocycles. The summed E-state index contributed by atoms with van der Waals surface area (Å²) < 4.78 is 0. The van der Waals surface area contributed by atoms with Crippen LogP contribution in [0.5, 0.6) is 0 Å². The summed E-state index contributed by atoms with van der Waals surface area (Å²) >= 11 is 0. The van der Waals surface area contributed by atoms with E-state index in [2.05, 4.69) is 4.90 Å². The molecule has 3 atom stereocenters. The maximum Gasteiger partial charge on any atom is 0.303 e. The molecular formula is C15H24N2O4. The van der Waals surface area contributed by atoms with Crippen LogP contribution in [0.25, 0.3) is 0 Å². The molecule has 0 saturated carbocycles. The van der Waals surface area contributed by atoms with Crippen molar-refractivity contribution in [3.63, 3.8) is 0 Å². The lowest BCUT2D eigenvalue weighted by Crippen LogP contribution is -2.43. The zero-order valence-corrected chi connectivity index (χ0v) is 12.7. The van der Waals surface area contributed by atoms with Crippen molar-refractivity contribution >= 4 is 17.8 Å². The number of carbonyl (C=O) groups is 3. The van der Waals surface area contributed by atoms with Gasteiger partial charge in [0.1, 0.15) is 0 Å². The molecule has 21 heavy (non-hydrogen) atoms. The lowest BCUT2D eigenvalue weighted by molar-refractivity contribution is -0.142. The number of amides is 2. The van der Waals surface area contributed by atoms with E-state index in [4.69, 9.17) is 5.11 Å². The van der Waals surface area contributed by atoms with Gasteiger partial charge in [-0.15, -0.1) is 0 Å². The highest BCUT2D eigenvalue weighted by atomic mass is 16.4. The van der Waals surface area contributed by atoms with E-state index in [1.807, 2.05) is 13.8 Å². The van der Waals surface area contributed by atoms with Crippen LogP contribution in [-0.4, -0.2) is 57.9 Å². The summed E-state index contributed by atoms with van der Waals surface area (Å²) in [5.41, 5.74) is 0. The van der Waals surface area contributed by atoms with Crippen molar-refractivity contribution in [2.75, 3.05) is 13.1 Å². The third-order valence-corrected chi connectivity index (χ3v) is 4.72. The number of imide groups is 1.